The molecular weight excluding hydrogens is 272 g/mol. The molecule has 2 N–H and O–H groups in total. The highest BCUT2D eigenvalue weighted by Gasteiger charge is 2.14. The van der Waals surface area contributed by atoms with Crippen molar-refractivity contribution in [2.24, 2.45) is 0 Å². The summed E-state index contributed by atoms with van der Waals surface area (Å²) in [5, 5.41) is 19.4. The lowest BCUT2D eigenvalue weighted by atomic mass is 10.2. The summed E-state index contributed by atoms with van der Waals surface area (Å²) in [4.78, 5) is 0. The van der Waals surface area contributed by atoms with Crippen molar-refractivity contribution in [2.45, 2.75) is 19.6 Å². The Labute approximate surface area is 117 Å². The first-order chi connectivity index (χ1) is 9.12. The third-order valence-corrected chi connectivity index (χ3v) is 2.64. The standard InChI is InChI=1S/C13H19ClO5/c1-3-18-7-11(16)8-19-13-9(6-15)4-10(14)5-12(13)17-2/h4-5,11,15-16H,3,6-8H2,1-2H3. The van der Waals surface area contributed by atoms with Crippen LogP contribution in [0.3, 0.4) is 0 Å². The normalized spacial score (nSPS) is 12.3. The molecule has 1 aromatic carbocycles. The Kier molecular flexibility index (Phi) is 6.94. The Morgan fingerprint density at radius 1 is 1.32 bits per heavy atom. The van der Waals surface area contributed by atoms with Gasteiger partial charge in [-0.3, -0.25) is 0 Å². The molecule has 1 rings (SSSR count). The highest BCUT2D eigenvalue weighted by atomic mass is 35.5. The molecule has 0 radical (unpaired) electrons. The summed E-state index contributed by atoms with van der Waals surface area (Å²) in [6, 6.07) is 3.18. The Morgan fingerprint density at radius 3 is 2.63 bits per heavy atom. The average molecular weight is 291 g/mol. The molecule has 0 saturated heterocycles. The maximum Gasteiger partial charge on any atom is 0.166 e. The summed E-state index contributed by atoms with van der Waals surface area (Å²) >= 11 is 5.89. The molecule has 0 aromatic heterocycles. The van der Waals surface area contributed by atoms with Crippen LogP contribution in [0.25, 0.3) is 0 Å². The summed E-state index contributed by atoms with van der Waals surface area (Å²) in [7, 11) is 1.48. The molecule has 5 nitrogen and oxygen atoms in total. The van der Waals surface area contributed by atoms with Crippen LogP contribution in [0.1, 0.15) is 12.5 Å². The Hall–Kier alpha value is -1.01. The van der Waals surface area contributed by atoms with Gasteiger partial charge in [-0.25, -0.2) is 0 Å². The first kappa shape index (κ1) is 16.0. The van der Waals surface area contributed by atoms with E-state index in [1.54, 1.807) is 12.1 Å². The molecule has 6 heteroatoms. The summed E-state index contributed by atoms with van der Waals surface area (Å²) in [6.07, 6.45) is -0.744. The van der Waals surface area contributed by atoms with Gasteiger partial charge in [0.05, 0.1) is 20.3 Å². The molecule has 0 spiro atoms. The van der Waals surface area contributed by atoms with Gasteiger partial charge in [-0.15, -0.1) is 0 Å². The molecule has 108 valence electrons. The fourth-order valence-corrected chi connectivity index (χ4v) is 1.77. The minimum Gasteiger partial charge on any atom is -0.493 e. The molecule has 0 heterocycles. The SMILES string of the molecule is CCOCC(O)COc1c(CO)cc(Cl)cc1OC. The third kappa shape index (κ3) is 4.87. The van der Waals surface area contributed by atoms with Gasteiger partial charge in [-0.1, -0.05) is 11.6 Å². The number of aliphatic hydroxyl groups excluding tert-OH is 2. The van der Waals surface area contributed by atoms with Gasteiger partial charge in [0.2, 0.25) is 0 Å². The molecule has 19 heavy (non-hydrogen) atoms. The average Bonchev–Trinajstić information content (AvgIpc) is 2.42. The summed E-state index contributed by atoms with van der Waals surface area (Å²) < 4.78 is 15.7. The van der Waals surface area contributed by atoms with E-state index < -0.39 is 6.10 Å². The van der Waals surface area contributed by atoms with E-state index in [1.165, 1.54) is 7.11 Å². The molecule has 0 aliphatic heterocycles. The van der Waals surface area contributed by atoms with Crippen LogP contribution in [0.5, 0.6) is 11.5 Å². The maximum atomic E-state index is 9.64. The molecule has 0 aliphatic rings. The molecule has 0 amide bonds. The zero-order valence-electron chi connectivity index (χ0n) is 11.1. The zero-order chi connectivity index (χ0) is 14.3. The van der Waals surface area contributed by atoms with Gasteiger partial charge in [0, 0.05) is 23.3 Å². The van der Waals surface area contributed by atoms with E-state index in [-0.39, 0.29) is 19.8 Å². The molecule has 0 saturated carbocycles. The maximum absolute atomic E-state index is 9.64. The lowest BCUT2D eigenvalue weighted by Crippen LogP contribution is -2.23. The fourth-order valence-electron chi connectivity index (χ4n) is 1.54. The van der Waals surface area contributed by atoms with Crippen molar-refractivity contribution in [3.05, 3.63) is 22.7 Å². The summed E-state index contributed by atoms with van der Waals surface area (Å²) in [6.45, 7) is 2.39. The molecule has 0 aliphatic carbocycles. The van der Waals surface area contributed by atoms with Crippen molar-refractivity contribution in [1.29, 1.82) is 0 Å². The predicted molar refractivity (Wildman–Crippen MR) is 71.9 cm³/mol. The number of rotatable bonds is 8. The van der Waals surface area contributed by atoms with E-state index in [0.717, 1.165) is 0 Å². The highest BCUT2D eigenvalue weighted by Crippen LogP contribution is 2.34. The first-order valence-corrected chi connectivity index (χ1v) is 6.36. The van der Waals surface area contributed by atoms with Crippen molar-refractivity contribution in [2.75, 3.05) is 26.9 Å². The van der Waals surface area contributed by atoms with Crippen LogP contribution < -0.4 is 9.47 Å². The van der Waals surface area contributed by atoms with Gasteiger partial charge in [-0.05, 0) is 13.0 Å². The van der Waals surface area contributed by atoms with E-state index in [2.05, 4.69) is 0 Å². The van der Waals surface area contributed by atoms with Crippen molar-refractivity contribution >= 4 is 11.6 Å². The lowest BCUT2D eigenvalue weighted by Gasteiger charge is -2.17. The number of ether oxygens (including phenoxy) is 3. The van der Waals surface area contributed by atoms with Crippen LogP contribution in [-0.2, 0) is 11.3 Å². The second kappa shape index (κ2) is 8.22. The Bertz CT molecular complexity index is 372. The van der Waals surface area contributed by atoms with Crippen molar-refractivity contribution in [3.8, 4) is 11.5 Å². The van der Waals surface area contributed by atoms with E-state index in [9.17, 15) is 10.2 Å². The quantitative estimate of drug-likeness (QED) is 0.761. The van der Waals surface area contributed by atoms with Crippen LogP contribution in [0.2, 0.25) is 5.02 Å². The largest absolute Gasteiger partial charge is 0.493 e. The van der Waals surface area contributed by atoms with Gasteiger partial charge in [-0.2, -0.15) is 0 Å². The van der Waals surface area contributed by atoms with E-state index in [1.807, 2.05) is 6.92 Å². The van der Waals surface area contributed by atoms with Crippen LogP contribution in [0, 0.1) is 0 Å². The van der Waals surface area contributed by atoms with Gasteiger partial charge < -0.3 is 24.4 Å². The Balaban J connectivity index is 2.75. The van der Waals surface area contributed by atoms with Gasteiger partial charge in [0.15, 0.2) is 11.5 Å². The van der Waals surface area contributed by atoms with Crippen LogP contribution >= 0.6 is 11.6 Å². The number of hydrogen-bond acceptors (Lipinski definition) is 5. The number of methoxy groups -OCH3 is 1. The van der Waals surface area contributed by atoms with Gasteiger partial charge >= 0.3 is 0 Å². The Morgan fingerprint density at radius 2 is 2.05 bits per heavy atom. The summed E-state index contributed by atoms with van der Waals surface area (Å²) in [5.74, 6) is 0.796. The van der Waals surface area contributed by atoms with Gasteiger partial charge in [0.25, 0.3) is 0 Å². The lowest BCUT2D eigenvalue weighted by molar-refractivity contribution is 0.0155. The van der Waals surface area contributed by atoms with Crippen molar-refractivity contribution in [1.82, 2.24) is 0 Å². The second-order valence-corrected chi connectivity index (χ2v) is 4.32. The monoisotopic (exact) mass is 290 g/mol. The van der Waals surface area contributed by atoms with Crippen molar-refractivity contribution < 1.29 is 24.4 Å². The van der Waals surface area contributed by atoms with Gasteiger partial charge in [0.1, 0.15) is 12.7 Å². The molecule has 1 aromatic rings. The zero-order valence-corrected chi connectivity index (χ0v) is 11.8. The molecular formula is C13H19ClO5. The number of halogens is 1. The molecule has 1 atom stereocenters. The van der Waals surface area contributed by atoms with Crippen LogP contribution in [-0.4, -0.2) is 43.2 Å². The van der Waals surface area contributed by atoms with E-state index in [4.69, 9.17) is 25.8 Å². The fraction of sp³-hybridized carbons (Fsp3) is 0.538. The van der Waals surface area contributed by atoms with E-state index >= 15 is 0 Å². The molecule has 0 fully saturated rings. The topological polar surface area (TPSA) is 68.2 Å². The predicted octanol–water partition coefficient (Wildman–Crippen LogP) is 1.62. The summed E-state index contributed by atoms with van der Waals surface area (Å²) in [5.41, 5.74) is 0.507. The highest BCUT2D eigenvalue weighted by molar-refractivity contribution is 6.30. The smallest absolute Gasteiger partial charge is 0.166 e. The minimum atomic E-state index is -0.744. The number of benzene rings is 1. The van der Waals surface area contributed by atoms with Crippen LogP contribution in [0.15, 0.2) is 12.1 Å². The van der Waals surface area contributed by atoms with Crippen molar-refractivity contribution in [3.63, 3.8) is 0 Å². The minimum absolute atomic E-state index is 0.0466. The van der Waals surface area contributed by atoms with Crippen LogP contribution in [0.4, 0.5) is 0 Å². The number of hydrogen-bond donors (Lipinski definition) is 2. The molecule has 0 bridgehead atoms. The number of aliphatic hydroxyl groups is 2. The van der Waals surface area contributed by atoms with E-state index in [0.29, 0.717) is 28.7 Å². The third-order valence-electron chi connectivity index (χ3n) is 2.42. The second-order valence-electron chi connectivity index (χ2n) is 3.88. The first-order valence-electron chi connectivity index (χ1n) is 5.98. The molecule has 1 unspecified atom stereocenters.